The summed E-state index contributed by atoms with van der Waals surface area (Å²) >= 11 is 12.4. The van der Waals surface area contributed by atoms with Crippen LogP contribution in [0.5, 0.6) is 0 Å². The number of hydrogen-bond acceptors (Lipinski definition) is 9. The molecule has 1 unspecified atom stereocenters. The maximum atomic E-state index is 16.0. The van der Waals surface area contributed by atoms with Crippen molar-refractivity contribution in [2.45, 2.75) is 56.3 Å². The molecule has 0 bridgehead atoms. The number of hydrogen-bond donors (Lipinski definition) is 2. The van der Waals surface area contributed by atoms with Crippen LogP contribution in [-0.2, 0) is 15.1 Å². The van der Waals surface area contributed by atoms with E-state index in [4.69, 9.17) is 27.9 Å². The van der Waals surface area contributed by atoms with Crippen LogP contribution in [0, 0.1) is 32.0 Å². The summed E-state index contributed by atoms with van der Waals surface area (Å²) in [6, 6.07) is 9.09. The molecule has 3 aliphatic rings. The number of nitro benzene ring substituents is 1. The van der Waals surface area contributed by atoms with Gasteiger partial charge in [0.1, 0.15) is 11.4 Å². The molecule has 2 fully saturated rings. The topological polar surface area (TPSA) is 165 Å². The maximum Gasteiger partial charge on any atom is 0.337 e. The lowest BCUT2D eigenvalue weighted by Gasteiger charge is -2.39. The highest BCUT2D eigenvalue weighted by molar-refractivity contribution is 6.31. The van der Waals surface area contributed by atoms with Crippen molar-refractivity contribution >= 4 is 46.5 Å². The zero-order valence-corrected chi connectivity index (χ0v) is 25.7. The summed E-state index contributed by atoms with van der Waals surface area (Å²) in [4.78, 5) is 52.0. The van der Waals surface area contributed by atoms with E-state index in [0.717, 1.165) is 32.1 Å². The molecule has 5 atom stereocenters. The first-order valence-electron chi connectivity index (χ1n) is 14.4. The molecule has 1 saturated heterocycles. The van der Waals surface area contributed by atoms with Gasteiger partial charge < -0.3 is 15.2 Å². The van der Waals surface area contributed by atoms with Crippen LogP contribution in [0.2, 0.25) is 10.0 Å². The number of methoxy groups -OCH3 is 1. The first kappa shape index (κ1) is 34.2. The summed E-state index contributed by atoms with van der Waals surface area (Å²) in [5.41, 5.74) is -2.22. The van der Waals surface area contributed by atoms with E-state index in [-0.39, 0.29) is 41.6 Å². The number of esters is 1. The van der Waals surface area contributed by atoms with Crippen molar-refractivity contribution in [1.29, 1.82) is 0 Å². The fourth-order valence-corrected chi connectivity index (χ4v) is 7.48. The van der Waals surface area contributed by atoms with Crippen LogP contribution in [0.1, 0.15) is 65.8 Å². The van der Waals surface area contributed by atoms with Crippen LogP contribution in [0.4, 0.5) is 15.8 Å². The number of fused-ring (bicyclic) bond motifs is 2. The predicted molar refractivity (Wildman–Crippen MR) is 171 cm³/mol. The van der Waals surface area contributed by atoms with Gasteiger partial charge in [-0.25, -0.2) is 9.18 Å². The van der Waals surface area contributed by atoms with Gasteiger partial charge in [-0.15, -0.1) is 0 Å². The number of ether oxygens (including phenoxy) is 1. The predicted octanol–water partition coefficient (Wildman–Crippen LogP) is 6.26. The molecule has 1 amide bonds. The number of rotatable bonds is 9. The third-order valence-corrected chi connectivity index (χ3v) is 9.73. The number of nitro groups is 2. The Morgan fingerprint density at radius 3 is 2.53 bits per heavy atom. The van der Waals surface area contributed by atoms with E-state index in [2.05, 4.69) is 5.32 Å². The molecule has 15 heteroatoms. The first-order chi connectivity index (χ1) is 21.9. The number of amides is 1. The van der Waals surface area contributed by atoms with Gasteiger partial charge in [0, 0.05) is 39.4 Å². The monoisotopic (exact) mass is 688 g/mol. The number of nitrogens with zero attached hydrogens (tertiary/aromatic N) is 3. The molecule has 6 rings (SSSR count). The summed E-state index contributed by atoms with van der Waals surface area (Å²) in [5.74, 6) is -3.78. The van der Waals surface area contributed by atoms with E-state index < -0.39 is 69.3 Å². The Bertz CT molecular complexity index is 1790. The Morgan fingerprint density at radius 1 is 1.17 bits per heavy atom. The van der Waals surface area contributed by atoms with Gasteiger partial charge >= 0.3 is 5.97 Å². The molecular weight excluding hydrogens is 658 g/mol. The molecule has 2 aliphatic heterocycles. The van der Waals surface area contributed by atoms with Gasteiger partial charge in [-0.1, -0.05) is 48.8 Å². The van der Waals surface area contributed by atoms with Crippen LogP contribution in [0.15, 0.2) is 54.6 Å². The second-order valence-corrected chi connectivity index (χ2v) is 12.6. The molecule has 3 aromatic carbocycles. The lowest BCUT2D eigenvalue weighted by Crippen LogP contribution is -2.53. The molecule has 2 N–H and O–H groups in total. The molecule has 0 aromatic heterocycles. The van der Waals surface area contributed by atoms with E-state index in [1.54, 1.807) is 11.0 Å². The third kappa shape index (κ3) is 5.60. The fourth-order valence-electron chi connectivity index (χ4n) is 7.12. The molecule has 47 heavy (non-hydrogen) atoms. The van der Waals surface area contributed by atoms with Crippen molar-refractivity contribution in [2.24, 2.45) is 5.92 Å². The van der Waals surface area contributed by atoms with Gasteiger partial charge in [0.25, 0.3) is 11.6 Å². The summed E-state index contributed by atoms with van der Waals surface area (Å²) in [7, 11) is 1.13. The fraction of sp³-hybridized carbons (Fsp3) is 0.375. The minimum absolute atomic E-state index is 0. The van der Waals surface area contributed by atoms with Crippen LogP contribution < -0.4 is 5.32 Å². The first-order valence-corrected chi connectivity index (χ1v) is 15.2. The van der Waals surface area contributed by atoms with Crippen LogP contribution >= 0.6 is 23.2 Å². The molecule has 12 nitrogen and oxygen atoms in total. The Hall–Kier alpha value is -4.17. The van der Waals surface area contributed by atoms with E-state index in [1.165, 1.54) is 36.4 Å². The maximum absolute atomic E-state index is 16.0. The van der Waals surface area contributed by atoms with E-state index >= 15 is 4.39 Å². The van der Waals surface area contributed by atoms with E-state index in [1.807, 2.05) is 0 Å². The summed E-state index contributed by atoms with van der Waals surface area (Å²) < 4.78 is 20.7. The highest BCUT2D eigenvalue weighted by Gasteiger charge is 2.71. The number of nitrogens with one attached hydrogen (secondary N) is 1. The SMILES string of the molecule is C.COC(=O)c1ccc([N+](=O)[O-])c(C(O)C[C@H]2[C@@H]([N+](=O)[O-])[C@H](c3cccc(Cl)c3F)[C@]3(C(=O)Nc4cc(Cl)ccc43)N2CC2CC2)c1. The molecule has 1 saturated carbocycles. The van der Waals surface area contributed by atoms with Gasteiger partial charge in [0.15, 0.2) is 0 Å². The standard InChI is InChI=1S/C31H27Cl2FN4O8.CH4/c1-46-29(40)16-7-10-23(37(42)43)19(11-16)25(39)13-24-28(38(44)45)26(18-3-2-4-21(33)27(18)34)31(36(24)14-15-5-6-15)20-9-8-17(32)12-22(20)35-30(31)41;/h2-4,7-12,15,24-26,28,39H,5-6,13-14H2,1H3,(H,35,41);1H4/t24-,25?,26-,28+,31+;/m0./s1. The average molecular weight is 690 g/mol. The van der Waals surface area contributed by atoms with Crippen LogP contribution in [0.3, 0.4) is 0 Å². The number of carbonyl (C=O) groups excluding carboxylic acids is 2. The third-order valence-electron chi connectivity index (χ3n) is 9.21. The lowest BCUT2D eigenvalue weighted by atomic mass is 9.73. The quantitative estimate of drug-likeness (QED) is 0.150. The highest BCUT2D eigenvalue weighted by Crippen LogP contribution is 2.60. The van der Waals surface area contributed by atoms with Crippen LogP contribution in [0.25, 0.3) is 0 Å². The smallest absolute Gasteiger partial charge is 0.337 e. The van der Waals surface area contributed by atoms with Gasteiger partial charge in [-0.05, 0) is 55.5 Å². The normalized spacial score (nSPS) is 23.9. The summed E-state index contributed by atoms with van der Waals surface area (Å²) in [6.45, 7) is 0.181. The lowest BCUT2D eigenvalue weighted by molar-refractivity contribution is -0.528. The summed E-state index contributed by atoms with van der Waals surface area (Å²) in [6.07, 6.45) is -0.625. The second-order valence-electron chi connectivity index (χ2n) is 11.7. The van der Waals surface area contributed by atoms with Gasteiger partial charge in [-0.2, -0.15) is 0 Å². The number of halogens is 3. The Kier molecular flexibility index (Phi) is 9.30. The molecular formula is C32H31Cl2FN4O8. The Morgan fingerprint density at radius 2 is 1.89 bits per heavy atom. The van der Waals surface area contributed by atoms with Crippen molar-refractivity contribution in [3.05, 3.63) is 113 Å². The number of carbonyl (C=O) groups is 2. The minimum atomic E-state index is -1.84. The van der Waals surface area contributed by atoms with E-state index in [9.17, 15) is 34.9 Å². The molecule has 0 radical (unpaired) electrons. The number of anilines is 1. The summed E-state index contributed by atoms with van der Waals surface area (Å²) in [5, 5.41) is 39.5. The van der Waals surface area contributed by atoms with Crippen LogP contribution in [-0.4, -0.2) is 57.5 Å². The number of aliphatic hydroxyl groups is 1. The number of aliphatic hydroxyl groups excluding tert-OH is 1. The number of likely N-dealkylation sites (tertiary alicyclic amines) is 1. The van der Waals surface area contributed by atoms with Gasteiger partial charge in [0.05, 0.1) is 46.2 Å². The van der Waals surface area contributed by atoms with Crippen molar-refractivity contribution in [3.63, 3.8) is 0 Å². The van der Waals surface area contributed by atoms with Crippen molar-refractivity contribution in [3.8, 4) is 0 Å². The molecule has 248 valence electrons. The Balaban J connectivity index is 0.00000433. The highest BCUT2D eigenvalue weighted by atomic mass is 35.5. The van der Waals surface area contributed by atoms with Gasteiger partial charge in [-0.3, -0.25) is 29.9 Å². The van der Waals surface area contributed by atoms with Gasteiger partial charge in [0.2, 0.25) is 6.04 Å². The molecule has 2 heterocycles. The largest absolute Gasteiger partial charge is 0.465 e. The Labute approximate surface area is 278 Å². The minimum Gasteiger partial charge on any atom is -0.465 e. The van der Waals surface area contributed by atoms with E-state index in [0.29, 0.717) is 16.3 Å². The van der Waals surface area contributed by atoms with Crippen molar-refractivity contribution < 1.29 is 33.7 Å². The molecule has 1 aliphatic carbocycles. The van der Waals surface area contributed by atoms with Crippen molar-refractivity contribution in [2.75, 3.05) is 19.0 Å². The second kappa shape index (κ2) is 12.8. The molecule has 1 spiro atoms. The van der Waals surface area contributed by atoms with Crippen molar-refractivity contribution in [1.82, 2.24) is 4.90 Å². The number of benzene rings is 3. The zero-order valence-electron chi connectivity index (χ0n) is 24.2. The molecule has 3 aromatic rings. The average Bonchev–Trinajstić information content (AvgIpc) is 3.74. The zero-order chi connectivity index (χ0) is 33.1.